The van der Waals surface area contributed by atoms with Crippen molar-refractivity contribution in [3.05, 3.63) is 84.2 Å². The van der Waals surface area contributed by atoms with Crippen molar-refractivity contribution in [1.82, 2.24) is 14.5 Å². The van der Waals surface area contributed by atoms with Gasteiger partial charge in [0.2, 0.25) is 11.9 Å². The topological polar surface area (TPSA) is 80.1 Å². The Morgan fingerprint density at radius 2 is 1.87 bits per heavy atom. The van der Waals surface area contributed by atoms with E-state index in [-0.39, 0.29) is 18.2 Å². The number of nitrogens with zero attached hydrogens (tertiary/aromatic N) is 4. The number of hydrogen-bond donors (Lipinski definition) is 1. The summed E-state index contributed by atoms with van der Waals surface area (Å²) in [6.45, 7) is 2.29. The van der Waals surface area contributed by atoms with Crippen LogP contribution in [0.1, 0.15) is 23.6 Å². The Kier molecular flexibility index (Phi) is 4.71. The SMILES string of the molecule is Cc1ccccc1NC(=O)C[C@H]1C(=O)N(Cc2cccnc2)c2nc3ccccc3n21. The van der Waals surface area contributed by atoms with Crippen LogP contribution in [-0.2, 0) is 16.1 Å². The Hall–Kier alpha value is -4.00. The lowest BCUT2D eigenvalue weighted by Crippen LogP contribution is -2.31. The van der Waals surface area contributed by atoms with Gasteiger partial charge in [-0.1, -0.05) is 36.4 Å². The molecule has 1 atom stereocenters. The van der Waals surface area contributed by atoms with E-state index in [2.05, 4.69) is 10.3 Å². The second-order valence-electron chi connectivity index (χ2n) is 7.64. The van der Waals surface area contributed by atoms with Crippen LogP contribution in [0.25, 0.3) is 11.0 Å². The van der Waals surface area contributed by atoms with Crippen LogP contribution in [0.15, 0.2) is 73.1 Å². The predicted octanol–water partition coefficient (Wildman–Crippen LogP) is 3.86. The number of para-hydroxylation sites is 3. The van der Waals surface area contributed by atoms with Crippen LogP contribution in [0.3, 0.4) is 0 Å². The van der Waals surface area contributed by atoms with Crippen LogP contribution in [-0.4, -0.2) is 26.3 Å². The van der Waals surface area contributed by atoms with E-state index in [1.165, 1.54) is 0 Å². The normalized spacial score (nSPS) is 15.3. The molecule has 5 rings (SSSR count). The van der Waals surface area contributed by atoms with E-state index in [4.69, 9.17) is 4.98 Å². The predicted molar refractivity (Wildman–Crippen MR) is 119 cm³/mol. The summed E-state index contributed by atoms with van der Waals surface area (Å²) < 4.78 is 1.88. The number of anilines is 2. The number of pyridine rings is 1. The standard InChI is InChI=1S/C24H21N5O2/c1-16-7-2-3-9-18(16)26-22(30)13-21-23(31)28(15-17-8-6-12-25-14-17)24-27-19-10-4-5-11-20(19)29(21)24/h2-12,14,21H,13,15H2,1H3,(H,26,30)/t21-/m0/s1. The van der Waals surface area contributed by atoms with Crippen molar-refractivity contribution >= 4 is 34.5 Å². The Balaban J connectivity index is 1.48. The molecule has 3 heterocycles. The molecule has 7 nitrogen and oxygen atoms in total. The van der Waals surface area contributed by atoms with Gasteiger partial charge in [-0.3, -0.25) is 24.0 Å². The van der Waals surface area contributed by atoms with Crippen molar-refractivity contribution in [3.8, 4) is 0 Å². The van der Waals surface area contributed by atoms with Crippen LogP contribution in [0.5, 0.6) is 0 Å². The van der Waals surface area contributed by atoms with Gasteiger partial charge in [0.15, 0.2) is 0 Å². The van der Waals surface area contributed by atoms with Gasteiger partial charge < -0.3 is 5.32 Å². The smallest absolute Gasteiger partial charge is 0.253 e. The summed E-state index contributed by atoms with van der Waals surface area (Å²) in [5, 5.41) is 2.94. The maximum Gasteiger partial charge on any atom is 0.253 e. The van der Waals surface area contributed by atoms with Crippen molar-refractivity contribution < 1.29 is 9.59 Å². The van der Waals surface area contributed by atoms with Gasteiger partial charge in [0.05, 0.1) is 24.0 Å². The lowest BCUT2D eigenvalue weighted by Gasteiger charge is -2.16. The zero-order valence-corrected chi connectivity index (χ0v) is 17.0. The molecule has 0 radical (unpaired) electrons. The second-order valence-corrected chi connectivity index (χ2v) is 7.64. The van der Waals surface area contributed by atoms with Crippen molar-refractivity contribution in [3.63, 3.8) is 0 Å². The number of hydrogen-bond acceptors (Lipinski definition) is 4. The molecule has 2 aromatic heterocycles. The van der Waals surface area contributed by atoms with E-state index >= 15 is 0 Å². The Morgan fingerprint density at radius 3 is 2.68 bits per heavy atom. The Morgan fingerprint density at radius 1 is 1.06 bits per heavy atom. The lowest BCUT2D eigenvalue weighted by molar-refractivity contribution is -0.124. The molecule has 0 aliphatic carbocycles. The molecular formula is C24H21N5O2. The molecule has 31 heavy (non-hydrogen) atoms. The molecule has 1 aliphatic rings. The Bertz CT molecular complexity index is 1280. The summed E-state index contributed by atoms with van der Waals surface area (Å²) in [5.41, 5.74) is 4.26. The van der Waals surface area contributed by atoms with Crippen molar-refractivity contribution in [2.24, 2.45) is 0 Å². The van der Waals surface area contributed by atoms with Gasteiger partial charge in [-0.15, -0.1) is 0 Å². The number of imidazole rings is 1. The molecule has 1 aliphatic heterocycles. The summed E-state index contributed by atoms with van der Waals surface area (Å²) in [6.07, 6.45) is 3.46. The van der Waals surface area contributed by atoms with Crippen LogP contribution < -0.4 is 10.2 Å². The number of aryl methyl sites for hydroxylation is 1. The highest BCUT2D eigenvalue weighted by atomic mass is 16.2. The monoisotopic (exact) mass is 411 g/mol. The van der Waals surface area contributed by atoms with Crippen LogP contribution in [0.2, 0.25) is 0 Å². The quantitative estimate of drug-likeness (QED) is 0.541. The minimum absolute atomic E-state index is 0.0318. The molecule has 0 spiro atoms. The van der Waals surface area contributed by atoms with Crippen molar-refractivity contribution in [2.45, 2.75) is 25.9 Å². The number of benzene rings is 2. The fourth-order valence-electron chi connectivity index (χ4n) is 4.01. The second kappa shape index (κ2) is 7.68. The number of carbonyl (C=O) groups excluding carboxylic acids is 2. The molecule has 1 N–H and O–H groups in total. The van der Waals surface area contributed by atoms with Gasteiger partial charge in [-0.2, -0.15) is 0 Å². The first-order chi connectivity index (χ1) is 15.1. The van der Waals surface area contributed by atoms with Gasteiger partial charge >= 0.3 is 0 Å². The molecular weight excluding hydrogens is 390 g/mol. The maximum absolute atomic E-state index is 13.4. The lowest BCUT2D eigenvalue weighted by atomic mass is 10.1. The minimum atomic E-state index is -0.650. The van der Waals surface area contributed by atoms with Crippen molar-refractivity contribution in [2.75, 3.05) is 10.2 Å². The molecule has 4 aromatic rings. The van der Waals surface area contributed by atoms with Crippen LogP contribution in [0.4, 0.5) is 11.6 Å². The summed E-state index contributed by atoms with van der Waals surface area (Å²) >= 11 is 0. The number of carbonyl (C=O) groups is 2. The molecule has 0 bridgehead atoms. The van der Waals surface area contributed by atoms with E-state index in [1.807, 2.05) is 72.2 Å². The molecule has 7 heteroatoms. The molecule has 2 amide bonds. The van der Waals surface area contributed by atoms with E-state index in [0.29, 0.717) is 12.5 Å². The van der Waals surface area contributed by atoms with Gasteiger partial charge in [-0.25, -0.2) is 4.98 Å². The number of nitrogens with one attached hydrogen (secondary N) is 1. The van der Waals surface area contributed by atoms with Crippen LogP contribution >= 0.6 is 0 Å². The maximum atomic E-state index is 13.4. The first kappa shape index (κ1) is 19.0. The van der Waals surface area contributed by atoms with E-state index in [9.17, 15) is 9.59 Å². The molecule has 0 saturated carbocycles. The average Bonchev–Trinajstić information content (AvgIpc) is 3.27. The highest BCUT2D eigenvalue weighted by Gasteiger charge is 2.40. The third kappa shape index (κ3) is 3.44. The Labute approximate surface area is 179 Å². The van der Waals surface area contributed by atoms with Gasteiger partial charge in [0.1, 0.15) is 6.04 Å². The first-order valence-electron chi connectivity index (χ1n) is 10.1. The summed E-state index contributed by atoms with van der Waals surface area (Å²) in [7, 11) is 0. The third-order valence-corrected chi connectivity index (χ3v) is 5.54. The number of fused-ring (bicyclic) bond motifs is 3. The summed E-state index contributed by atoms with van der Waals surface area (Å²) in [5.74, 6) is 0.209. The fraction of sp³-hybridized carbons (Fsp3) is 0.167. The molecule has 2 aromatic carbocycles. The zero-order valence-electron chi connectivity index (χ0n) is 17.0. The highest BCUT2D eigenvalue weighted by Crippen LogP contribution is 2.37. The largest absolute Gasteiger partial charge is 0.326 e. The summed E-state index contributed by atoms with van der Waals surface area (Å²) in [6, 6.07) is 18.4. The van der Waals surface area contributed by atoms with E-state index in [1.54, 1.807) is 17.3 Å². The number of amides is 2. The number of rotatable bonds is 5. The van der Waals surface area contributed by atoms with Gasteiger partial charge in [0, 0.05) is 18.1 Å². The molecule has 0 unspecified atom stereocenters. The molecule has 0 fully saturated rings. The third-order valence-electron chi connectivity index (χ3n) is 5.54. The summed E-state index contributed by atoms with van der Waals surface area (Å²) in [4.78, 5) is 36.7. The average molecular weight is 411 g/mol. The minimum Gasteiger partial charge on any atom is -0.326 e. The van der Waals surface area contributed by atoms with E-state index < -0.39 is 6.04 Å². The van der Waals surface area contributed by atoms with Gasteiger partial charge in [0.25, 0.3) is 5.91 Å². The van der Waals surface area contributed by atoms with Crippen LogP contribution in [0, 0.1) is 6.92 Å². The zero-order chi connectivity index (χ0) is 21.4. The van der Waals surface area contributed by atoms with Gasteiger partial charge in [-0.05, 0) is 42.3 Å². The fourth-order valence-corrected chi connectivity index (χ4v) is 4.01. The highest BCUT2D eigenvalue weighted by molar-refractivity contribution is 6.05. The number of aromatic nitrogens is 3. The first-order valence-corrected chi connectivity index (χ1v) is 10.1. The molecule has 154 valence electrons. The molecule has 0 saturated heterocycles. The van der Waals surface area contributed by atoms with Crippen molar-refractivity contribution in [1.29, 1.82) is 0 Å². The van der Waals surface area contributed by atoms with E-state index in [0.717, 1.165) is 27.8 Å².